The molecule has 0 heterocycles. The van der Waals surface area contributed by atoms with Gasteiger partial charge < -0.3 is 0 Å². The molecule has 0 atom stereocenters. The van der Waals surface area contributed by atoms with Crippen LogP contribution in [-0.4, -0.2) is 6.30 Å². The van der Waals surface area contributed by atoms with Crippen molar-refractivity contribution >= 4 is 42.3 Å². The second-order valence-electron chi connectivity index (χ2n) is 6.88. The van der Waals surface area contributed by atoms with E-state index in [1.807, 2.05) is 0 Å². The third-order valence-electron chi connectivity index (χ3n) is 4.97. The molecule has 0 amide bonds. The van der Waals surface area contributed by atoms with Crippen molar-refractivity contribution < 1.29 is 0 Å². The lowest BCUT2D eigenvalue weighted by Crippen LogP contribution is -2.15. The Morgan fingerprint density at radius 1 is 0.517 bits per heavy atom. The topological polar surface area (TPSA) is 0 Å². The van der Waals surface area contributed by atoms with Gasteiger partial charge in [0, 0.05) is 0 Å². The fourth-order valence-corrected chi connectivity index (χ4v) is 8.51. The Morgan fingerprint density at radius 3 is 1.24 bits per heavy atom. The molecule has 4 aromatic rings. The first-order valence-electron chi connectivity index (χ1n) is 9.70. The predicted molar refractivity (Wildman–Crippen MR) is 134 cm³/mol. The van der Waals surface area contributed by atoms with Crippen LogP contribution in [0.4, 0.5) is 0 Å². The minimum Gasteiger partial charge on any atom is -0.0892 e. The van der Waals surface area contributed by atoms with Gasteiger partial charge in [0.2, 0.25) is 0 Å². The summed E-state index contributed by atoms with van der Waals surface area (Å²) in [4.78, 5) is 0. The quantitative estimate of drug-likeness (QED) is 0.358. The lowest BCUT2D eigenvalue weighted by Gasteiger charge is -2.23. The van der Waals surface area contributed by atoms with Crippen molar-refractivity contribution in [2.24, 2.45) is 0 Å². The molecule has 0 radical (unpaired) electrons. The molecular formula is C27H24P2. The van der Waals surface area contributed by atoms with Crippen molar-refractivity contribution in [3.63, 3.8) is 0 Å². The number of hydrogen-bond donors (Lipinski definition) is 0. The number of rotatable bonds is 6. The molecule has 29 heavy (non-hydrogen) atoms. The van der Waals surface area contributed by atoms with Gasteiger partial charge in [0.05, 0.1) is 0 Å². The Labute approximate surface area is 175 Å². The Hall–Kier alpha value is -2.65. The van der Waals surface area contributed by atoms with Gasteiger partial charge >= 0.3 is 0 Å². The largest absolute Gasteiger partial charge is 0.0892 e. The zero-order valence-electron chi connectivity index (χ0n) is 16.3. The monoisotopic (exact) mass is 410 g/mol. The van der Waals surface area contributed by atoms with Gasteiger partial charge in [-0.2, -0.15) is 0 Å². The van der Waals surface area contributed by atoms with Crippen LogP contribution in [0.5, 0.6) is 0 Å². The normalized spacial score (nSPS) is 11.8. The van der Waals surface area contributed by atoms with E-state index in [1.54, 1.807) is 0 Å². The van der Waals surface area contributed by atoms with Crippen molar-refractivity contribution in [1.82, 2.24) is 0 Å². The van der Waals surface area contributed by atoms with Gasteiger partial charge in [0.1, 0.15) is 0 Å². The summed E-state index contributed by atoms with van der Waals surface area (Å²) in [6.07, 6.45) is 4.80. The van der Waals surface area contributed by atoms with Crippen LogP contribution in [0.3, 0.4) is 0 Å². The molecule has 0 saturated heterocycles. The van der Waals surface area contributed by atoms with Crippen molar-refractivity contribution in [1.29, 1.82) is 0 Å². The zero-order chi connectivity index (χ0) is 19.9. The van der Waals surface area contributed by atoms with E-state index in [9.17, 15) is 0 Å². The summed E-state index contributed by atoms with van der Waals surface area (Å²) in [5.74, 6) is 4.82. The minimum absolute atomic E-state index is 0.589. The Balaban J connectivity index is 1.82. The molecule has 4 aromatic carbocycles. The van der Waals surface area contributed by atoms with Crippen LogP contribution in [0.2, 0.25) is 0 Å². The van der Waals surface area contributed by atoms with E-state index in [-0.39, 0.29) is 0 Å². The molecular weight excluding hydrogens is 386 g/mol. The van der Waals surface area contributed by atoms with Crippen LogP contribution in [0.25, 0.3) is 0 Å². The van der Waals surface area contributed by atoms with E-state index in [1.165, 1.54) is 21.2 Å². The molecule has 2 heteroatoms. The van der Waals surface area contributed by atoms with Gasteiger partial charge in [-0.25, -0.2) is 0 Å². The fraction of sp³-hybridized carbons (Fsp3) is 0. The molecule has 0 spiro atoms. The highest BCUT2D eigenvalue weighted by Gasteiger charge is 2.18. The van der Waals surface area contributed by atoms with E-state index in [2.05, 4.69) is 133 Å². The predicted octanol–water partition coefficient (Wildman–Crippen LogP) is 5.69. The summed E-state index contributed by atoms with van der Waals surface area (Å²) >= 11 is 0. The summed E-state index contributed by atoms with van der Waals surface area (Å²) in [7, 11) is -0.589. The Kier molecular flexibility index (Phi) is 6.26. The fourth-order valence-electron chi connectivity index (χ4n) is 3.39. The van der Waals surface area contributed by atoms with Crippen LogP contribution in [0.15, 0.2) is 133 Å². The van der Waals surface area contributed by atoms with Gasteiger partial charge in [0.25, 0.3) is 0 Å². The van der Waals surface area contributed by atoms with Crippen LogP contribution in [0.1, 0.15) is 0 Å². The molecule has 0 nitrogen and oxygen atoms in total. The summed E-state index contributed by atoms with van der Waals surface area (Å²) in [5, 5.41) is 5.33. The third-order valence-corrected chi connectivity index (χ3v) is 10.5. The molecule has 0 aromatic heterocycles. The second-order valence-corrected chi connectivity index (χ2v) is 12.0. The molecule has 0 aliphatic rings. The van der Waals surface area contributed by atoms with E-state index in [0.717, 1.165) is 0 Å². The number of benzene rings is 4. The molecule has 0 saturated carbocycles. The van der Waals surface area contributed by atoms with Crippen molar-refractivity contribution in [2.45, 2.75) is 0 Å². The van der Waals surface area contributed by atoms with Crippen LogP contribution in [0, 0.1) is 0 Å². The van der Waals surface area contributed by atoms with Crippen molar-refractivity contribution in [2.75, 3.05) is 0 Å². The highest BCUT2D eigenvalue weighted by Crippen LogP contribution is 2.48. The van der Waals surface area contributed by atoms with E-state index >= 15 is 0 Å². The molecule has 0 aliphatic carbocycles. The van der Waals surface area contributed by atoms with Gasteiger partial charge in [-0.1, -0.05) is 139 Å². The first-order valence-corrected chi connectivity index (χ1v) is 13.2. The average molecular weight is 410 g/mol. The van der Waals surface area contributed by atoms with Gasteiger partial charge in [-0.3, -0.25) is 0 Å². The molecule has 0 aliphatic heterocycles. The lowest BCUT2D eigenvalue weighted by molar-refractivity contribution is 1.75. The first kappa shape index (κ1) is 19.7. The summed E-state index contributed by atoms with van der Waals surface area (Å²) < 4.78 is 0. The van der Waals surface area contributed by atoms with Gasteiger partial charge in [-0.15, -0.1) is 0 Å². The first-order chi connectivity index (χ1) is 14.3. The van der Waals surface area contributed by atoms with Crippen LogP contribution in [-0.2, 0) is 0 Å². The van der Waals surface area contributed by atoms with Gasteiger partial charge in [-0.05, 0) is 36.0 Å². The van der Waals surface area contributed by atoms with Crippen LogP contribution >= 0.6 is 14.8 Å². The third kappa shape index (κ3) is 4.51. The molecule has 0 bridgehead atoms. The maximum atomic E-state index is 4.80. The Bertz CT molecular complexity index is 1020. The molecule has 0 N–H and O–H groups in total. The molecule has 142 valence electrons. The zero-order valence-corrected chi connectivity index (χ0v) is 18.1. The molecule has 0 fully saturated rings. The van der Waals surface area contributed by atoms with Crippen LogP contribution < -0.4 is 21.2 Å². The Morgan fingerprint density at radius 2 is 0.862 bits per heavy atom. The van der Waals surface area contributed by atoms with Crippen molar-refractivity contribution in [3.8, 4) is 0 Å². The van der Waals surface area contributed by atoms with E-state index in [4.69, 9.17) is 6.30 Å². The average Bonchev–Trinajstić information content (AvgIpc) is 2.81. The molecule has 0 unspecified atom stereocenters. The van der Waals surface area contributed by atoms with Gasteiger partial charge in [0.15, 0.2) is 0 Å². The second kappa shape index (κ2) is 9.23. The van der Waals surface area contributed by atoms with E-state index < -0.39 is 14.8 Å². The lowest BCUT2D eigenvalue weighted by atomic mass is 10.4. The minimum atomic E-state index is -1.88. The smallest absolute Gasteiger partial charge is 0.0157 e. The summed E-state index contributed by atoms with van der Waals surface area (Å²) in [5.41, 5.74) is 0. The SMILES string of the molecule is C=P(C=CP(c1ccccc1)c1ccccc1)(c1ccccc1)c1ccccc1. The standard InChI is InChI=1S/C27H24P2/c1-29(26-18-10-4-11-19-26,27-20-12-5-13-21-27)23-22-28(24-14-6-2-7-15-24)25-16-8-3-9-17-25/h2-23H,1H2. The maximum absolute atomic E-state index is 4.80. The van der Waals surface area contributed by atoms with Crippen molar-refractivity contribution in [3.05, 3.63) is 133 Å². The highest BCUT2D eigenvalue weighted by atomic mass is 31.2. The number of hydrogen-bond acceptors (Lipinski definition) is 0. The summed E-state index contributed by atoms with van der Waals surface area (Å²) in [6.45, 7) is -1.88. The highest BCUT2D eigenvalue weighted by molar-refractivity contribution is 7.90. The summed E-state index contributed by atoms with van der Waals surface area (Å²) in [6, 6.07) is 43.1. The van der Waals surface area contributed by atoms with E-state index in [0.29, 0.717) is 0 Å². The molecule has 4 rings (SSSR count). The maximum Gasteiger partial charge on any atom is -0.0157 e.